The monoisotopic (exact) mass is 279 g/mol. The quantitative estimate of drug-likeness (QED) is 0.901. The Labute approximate surface area is 122 Å². The van der Waals surface area contributed by atoms with Crippen LogP contribution in [-0.4, -0.2) is 23.4 Å². The summed E-state index contributed by atoms with van der Waals surface area (Å²) in [5.74, 6) is 3.49. The first-order valence-electron chi connectivity index (χ1n) is 7.92. The maximum absolute atomic E-state index is 6.03. The molecule has 0 aliphatic heterocycles. The molecule has 0 saturated heterocycles. The highest BCUT2D eigenvalue weighted by Crippen LogP contribution is 2.45. The van der Waals surface area contributed by atoms with Gasteiger partial charge in [0.25, 0.3) is 0 Å². The van der Waals surface area contributed by atoms with Crippen molar-refractivity contribution < 1.29 is 4.74 Å². The van der Waals surface area contributed by atoms with Crippen molar-refractivity contribution in [2.45, 2.75) is 52.5 Å². The van der Waals surface area contributed by atoms with Crippen LogP contribution in [0.4, 0.5) is 0 Å². The van der Waals surface area contributed by atoms with Gasteiger partial charge in [0, 0.05) is 12.5 Å². The van der Waals surface area contributed by atoms with E-state index in [4.69, 9.17) is 10.5 Å². The second-order valence-electron chi connectivity index (χ2n) is 6.33. The molecule has 1 aliphatic rings. The first-order valence-corrected chi connectivity index (χ1v) is 7.92. The third kappa shape index (κ3) is 2.85. The Bertz CT molecular complexity index is 406. The van der Waals surface area contributed by atoms with Crippen molar-refractivity contribution in [1.82, 2.24) is 9.78 Å². The Kier molecular flexibility index (Phi) is 5.08. The molecular weight excluding hydrogens is 250 g/mol. The van der Waals surface area contributed by atoms with E-state index in [1.807, 2.05) is 6.20 Å². The minimum absolute atomic E-state index is 0.485. The summed E-state index contributed by atoms with van der Waals surface area (Å²) in [7, 11) is 1.74. The Balaban J connectivity index is 2.33. The molecule has 1 aliphatic carbocycles. The number of nitrogens with two attached hydrogens (primary N) is 1. The molecule has 0 amide bonds. The summed E-state index contributed by atoms with van der Waals surface area (Å²) in [5.41, 5.74) is 7.29. The van der Waals surface area contributed by atoms with Gasteiger partial charge in [-0.05, 0) is 50.5 Å². The van der Waals surface area contributed by atoms with Crippen LogP contribution in [0.5, 0.6) is 5.75 Å². The van der Waals surface area contributed by atoms with Gasteiger partial charge in [0.1, 0.15) is 0 Å². The minimum atomic E-state index is 0.485. The second-order valence-corrected chi connectivity index (χ2v) is 6.33. The lowest BCUT2D eigenvalue weighted by atomic mass is 9.69. The Morgan fingerprint density at radius 3 is 2.75 bits per heavy atom. The molecule has 4 heteroatoms. The van der Waals surface area contributed by atoms with Gasteiger partial charge >= 0.3 is 0 Å². The van der Waals surface area contributed by atoms with Gasteiger partial charge in [0.05, 0.1) is 19.0 Å². The lowest BCUT2D eigenvalue weighted by molar-refractivity contribution is 0.189. The molecule has 1 fully saturated rings. The molecule has 0 radical (unpaired) electrons. The number of aromatic nitrogens is 2. The molecule has 4 nitrogen and oxygen atoms in total. The number of methoxy groups -OCH3 is 1. The summed E-state index contributed by atoms with van der Waals surface area (Å²) in [6.07, 6.45) is 5.59. The molecule has 1 aromatic rings. The molecule has 20 heavy (non-hydrogen) atoms. The van der Waals surface area contributed by atoms with E-state index in [9.17, 15) is 0 Å². The third-order valence-corrected chi connectivity index (χ3v) is 5.00. The van der Waals surface area contributed by atoms with Crippen molar-refractivity contribution in [3.8, 4) is 5.75 Å². The normalized spacial score (nSPS) is 27.0. The SMILES string of the molecule is CCn1ncc(OC)c1C1CC(C(C)C)CCC1CN. The smallest absolute Gasteiger partial charge is 0.160 e. The van der Waals surface area contributed by atoms with E-state index >= 15 is 0 Å². The molecule has 2 rings (SSSR count). The zero-order valence-electron chi connectivity index (χ0n) is 13.3. The van der Waals surface area contributed by atoms with Gasteiger partial charge in [0.15, 0.2) is 5.75 Å². The number of ether oxygens (including phenoxy) is 1. The van der Waals surface area contributed by atoms with Crippen molar-refractivity contribution in [3.63, 3.8) is 0 Å². The van der Waals surface area contributed by atoms with Crippen LogP contribution in [0.2, 0.25) is 0 Å². The first kappa shape index (κ1) is 15.4. The predicted molar refractivity (Wildman–Crippen MR) is 81.9 cm³/mol. The van der Waals surface area contributed by atoms with Crippen LogP contribution in [0.1, 0.15) is 51.6 Å². The number of rotatable bonds is 5. The van der Waals surface area contributed by atoms with Crippen molar-refractivity contribution in [2.24, 2.45) is 23.5 Å². The van der Waals surface area contributed by atoms with Crippen LogP contribution in [0.25, 0.3) is 0 Å². The second kappa shape index (κ2) is 6.61. The average Bonchev–Trinajstić information content (AvgIpc) is 2.89. The predicted octanol–water partition coefficient (Wildman–Crippen LogP) is 3.03. The highest BCUT2D eigenvalue weighted by molar-refractivity contribution is 5.30. The molecule has 1 saturated carbocycles. The van der Waals surface area contributed by atoms with Gasteiger partial charge in [-0.3, -0.25) is 4.68 Å². The Morgan fingerprint density at radius 2 is 2.20 bits per heavy atom. The number of nitrogens with zero attached hydrogens (tertiary/aromatic N) is 2. The van der Waals surface area contributed by atoms with E-state index in [0.717, 1.165) is 30.7 Å². The Morgan fingerprint density at radius 1 is 1.45 bits per heavy atom. The molecule has 2 N–H and O–H groups in total. The summed E-state index contributed by atoms with van der Waals surface area (Å²) >= 11 is 0. The van der Waals surface area contributed by atoms with Crippen molar-refractivity contribution in [3.05, 3.63) is 11.9 Å². The topological polar surface area (TPSA) is 53.1 Å². The number of hydrogen-bond donors (Lipinski definition) is 1. The van der Waals surface area contributed by atoms with Crippen LogP contribution in [0.3, 0.4) is 0 Å². The van der Waals surface area contributed by atoms with Crippen molar-refractivity contribution in [1.29, 1.82) is 0 Å². The van der Waals surface area contributed by atoms with Crippen molar-refractivity contribution >= 4 is 0 Å². The van der Waals surface area contributed by atoms with Crippen LogP contribution in [0, 0.1) is 17.8 Å². The number of hydrogen-bond acceptors (Lipinski definition) is 3. The molecule has 1 heterocycles. The van der Waals surface area contributed by atoms with Gasteiger partial charge in [-0.25, -0.2) is 0 Å². The summed E-state index contributed by atoms with van der Waals surface area (Å²) in [6, 6.07) is 0. The average molecular weight is 279 g/mol. The summed E-state index contributed by atoms with van der Waals surface area (Å²) in [6.45, 7) is 8.44. The van der Waals surface area contributed by atoms with E-state index in [2.05, 4.69) is 30.6 Å². The summed E-state index contributed by atoms with van der Waals surface area (Å²) in [5, 5.41) is 4.47. The van der Waals surface area contributed by atoms with E-state index in [-0.39, 0.29) is 0 Å². The van der Waals surface area contributed by atoms with Gasteiger partial charge < -0.3 is 10.5 Å². The van der Waals surface area contributed by atoms with Gasteiger partial charge in [-0.2, -0.15) is 5.10 Å². The number of aryl methyl sites for hydroxylation is 1. The molecule has 0 aromatic carbocycles. The fraction of sp³-hybridized carbons (Fsp3) is 0.812. The largest absolute Gasteiger partial charge is 0.493 e. The molecule has 3 atom stereocenters. The van der Waals surface area contributed by atoms with Crippen LogP contribution in [-0.2, 0) is 6.54 Å². The maximum atomic E-state index is 6.03. The minimum Gasteiger partial charge on any atom is -0.493 e. The summed E-state index contributed by atoms with van der Waals surface area (Å²) in [4.78, 5) is 0. The van der Waals surface area contributed by atoms with Gasteiger partial charge in [-0.15, -0.1) is 0 Å². The standard InChI is InChI=1S/C16H29N3O/c1-5-19-16(15(20-4)10-18-19)14-8-12(11(2)3)6-7-13(14)9-17/h10-14H,5-9,17H2,1-4H3. The zero-order chi connectivity index (χ0) is 14.7. The highest BCUT2D eigenvalue weighted by atomic mass is 16.5. The van der Waals surface area contributed by atoms with E-state index in [1.165, 1.54) is 25.0 Å². The van der Waals surface area contributed by atoms with Crippen LogP contribution >= 0.6 is 0 Å². The van der Waals surface area contributed by atoms with E-state index in [1.54, 1.807) is 7.11 Å². The molecule has 0 bridgehead atoms. The highest BCUT2D eigenvalue weighted by Gasteiger charge is 2.35. The lowest BCUT2D eigenvalue weighted by Crippen LogP contribution is -2.32. The molecule has 1 aromatic heterocycles. The molecule has 3 unspecified atom stereocenters. The fourth-order valence-corrected chi connectivity index (χ4v) is 3.65. The van der Waals surface area contributed by atoms with Gasteiger partial charge in [-0.1, -0.05) is 13.8 Å². The maximum Gasteiger partial charge on any atom is 0.160 e. The zero-order valence-corrected chi connectivity index (χ0v) is 13.3. The fourth-order valence-electron chi connectivity index (χ4n) is 3.65. The van der Waals surface area contributed by atoms with E-state index < -0.39 is 0 Å². The molecular formula is C16H29N3O. The first-order chi connectivity index (χ1) is 9.62. The lowest BCUT2D eigenvalue weighted by Gasteiger charge is -2.37. The van der Waals surface area contributed by atoms with Crippen LogP contribution in [0.15, 0.2) is 6.20 Å². The van der Waals surface area contributed by atoms with Crippen LogP contribution < -0.4 is 10.5 Å². The summed E-state index contributed by atoms with van der Waals surface area (Å²) < 4.78 is 7.64. The van der Waals surface area contributed by atoms with Gasteiger partial charge in [0.2, 0.25) is 0 Å². The molecule has 0 spiro atoms. The molecule has 114 valence electrons. The van der Waals surface area contributed by atoms with Crippen molar-refractivity contribution in [2.75, 3.05) is 13.7 Å². The third-order valence-electron chi connectivity index (χ3n) is 5.00. The van der Waals surface area contributed by atoms with E-state index in [0.29, 0.717) is 11.8 Å². The Hall–Kier alpha value is -1.03.